The molecule has 0 spiro atoms. The third-order valence-corrected chi connectivity index (χ3v) is 3.15. The maximum Gasteiger partial charge on any atom is 0.419 e. The van der Waals surface area contributed by atoms with Gasteiger partial charge in [-0.05, 0) is 42.0 Å². The van der Waals surface area contributed by atoms with E-state index in [1.165, 1.54) is 12.3 Å². The lowest BCUT2D eigenvalue weighted by molar-refractivity contribution is -0.139. The Morgan fingerprint density at radius 3 is 2.32 bits per heavy atom. The van der Waals surface area contributed by atoms with Gasteiger partial charge in [-0.25, -0.2) is 9.37 Å². The Morgan fingerprint density at radius 2 is 1.82 bits per heavy atom. The smallest absolute Gasteiger partial charge is 0.365 e. The molecular formula is C14H11F4N3S. The molecule has 0 saturated heterocycles. The second kappa shape index (κ2) is 6.27. The van der Waals surface area contributed by atoms with Gasteiger partial charge in [-0.2, -0.15) is 13.2 Å². The zero-order valence-electron chi connectivity index (χ0n) is 11.3. The highest BCUT2D eigenvalue weighted by Crippen LogP contribution is 2.33. The van der Waals surface area contributed by atoms with Crippen LogP contribution >= 0.6 is 12.2 Å². The quantitative estimate of drug-likeness (QED) is 0.649. The van der Waals surface area contributed by atoms with Gasteiger partial charge in [-0.3, -0.25) is 0 Å². The average molecular weight is 329 g/mol. The molecule has 0 unspecified atom stereocenters. The van der Waals surface area contributed by atoms with Crippen LogP contribution in [0.5, 0.6) is 0 Å². The maximum absolute atomic E-state index is 13.6. The van der Waals surface area contributed by atoms with Gasteiger partial charge < -0.3 is 10.6 Å². The highest BCUT2D eigenvalue weighted by molar-refractivity contribution is 7.80. The molecule has 0 aliphatic carbocycles. The summed E-state index contributed by atoms with van der Waals surface area (Å²) in [4.78, 5) is 4.06. The number of nitrogens with one attached hydrogen (secondary N) is 2. The van der Waals surface area contributed by atoms with E-state index in [0.29, 0.717) is 28.1 Å². The van der Waals surface area contributed by atoms with Gasteiger partial charge in [0.2, 0.25) is 0 Å². The summed E-state index contributed by atoms with van der Waals surface area (Å²) in [5.74, 6) is -0.848. The second-order valence-corrected chi connectivity index (χ2v) is 4.74. The van der Waals surface area contributed by atoms with Crippen LogP contribution < -0.4 is 10.6 Å². The van der Waals surface area contributed by atoms with Crippen LogP contribution in [0.1, 0.15) is 5.56 Å². The van der Waals surface area contributed by atoms with Crippen molar-refractivity contribution in [1.29, 1.82) is 0 Å². The molecule has 0 radical (unpaired) electrons. The number of thiocarbonyl (C=S) groups is 1. The summed E-state index contributed by atoms with van der Waals surface area (Å²) < 4.78 is 51.1. The number of hydrogen-bond donors (Lipinski definition) is 2. The third-order valence-electron chi connectivity index (χ3n) is 2.84. The number of anilines is 1. The van der Waals surface area contributed by atoms with E-state index >= 15 is 0 Å². The number of rotatable bonds is 2. The summed E-state index contributed by atoms with van der Waals surface area (Å²) in [5, 5.41) is 5.88. The number of nitrogens with zero attached hydrogens (tertiary/aromatic N) is 1. The standard InChI is InChI=1S/C14H11F4N3S/c1-19-13(22)21-12-5-3-9(7-20-12)8-2-4-10(11(15)6-8)14(16,17)18/h2-7H,1H3,(H2,19,20,21,22). The number of aromatic nitrogens is 1. The monoisotopic (exact) mass is 329 g/mol. The molecule has 0 saturated carbocycles. The molecule has 22 heavy (non-hydrogen) atoms. The van der Waals surface area contributed by atoms with Crippen LogP contribution in [-0.4, -0.2) is 17.1 Å². The van der Waals surface area contributed by atoms with E-state index in [1.807, 2.05) is 0 Å². The van der Waals surface area contributed by atoms with Crippen molar-refractivity contribution in [2.24, 2.45) is 0 Å². The van der Waals surface area contributed by atoms with Crippen molar-refractivity contribution in [3.8, 4) is 11.1 Å². The van der Waals surface area contributed by atoms with Crippen molar-refractivity contribution < 1.29 is 17.6 Å². The lowest BCUT2D eigenvalue weighted by Gasteiger charge is -2.10. The first-order valence-electron chi connectivity index (χ1n) is 6.13. The molecule has 0 amide bonds. The predicted molar refractivity (Wildman–Crippen MR) is 79.9 cm³/mol. The predicted octanol–water partition coefficient (Wildman–Crippen LogP) is 3.82. The Hall–Kier alpha value is -2.22. The summed E-state index contributed by atoms with van der Waals surface area (Å²) in [6.07, 6.45) is -3.29. The van der Waals surface area contributed by atoms with Gasteiger partial charge in [0.15, 0.2) is 5.11 Å². The van der Waals surface area contributed by atoms with Crippen LogP contribution in [0.3, 0.4) is 0 Å². The minimum Gasteiger partial charge on any atom is -0.365 e. The van der Waals surface area contributed by atoms with Gasteiger partial charge >= 0.3 is 6.18 Å². The number of hydrogen-bond acceptors (Lipinski definition) is 2. The molecule has 0 aliphatic heterocycles. The molecule has 3 nitrogen and oxygen atoms in total. The van der Waals surface area contributed by atoms with Crippen molar-refractivity contribution >= 4 is 23.1 Å². The normalized spacial score (nSPS) is 11.1. The van der Waals surface area contributed by atoms with Gasteiger partial charge in [0, 0.05) is 18.8 Å². The fourth-order valence-corrected chi connectivity index (χ4v) is 1.85. The van der Waals surface area contributed by atoms with E-state index in [0.717, 1.165) is 6.07 Å². The SMILES string of the molecule is CNC(=S)Nc1ccc(-c2ccc(C(F)(F)F)c(F)c2)cn1. The summed E-state index contributed by atoms with van der Waals surface area (Å²) in [6.45, 7) is 0. The molecule has 0 bridgehead atoms. The second-order valence-electron chi connectivity index (χ2n) is 4.33. The Morgan fingerprint density at radius 1 is 1.14 bits per heavy atom. The molecule has 0 atom stereocenters. The Bertz CT molecular complexity index is 683. The molecular weight excluding hydrogens is 318 g/mol. The van der Waals surface area contributed by atoms with E-state index in [-0.39, 0.29) is 0 Å². The van der Waals surface area contributed by atoms with E-state index < -0.39 is 17.6 Å². The molecule has 2 aromatic rings. The number of halogens is 4. The lowest BCUT2D eigenvalue weighted by atomic mass is 10.0. The molecule has 1 aromatic carbocycles. The molecule has 8 heteroatoms. The zero-order chi connectivity index (χ0) is 16.3. The van der Waals surface area contributed by atoms with E-state index in [9.17, 15) is 17.6 Å². The first-order chi connectivity index (χ1) is 10.3. The number of benzene rings is 1. The fourth-order valence-electron chi connectivity index (χ4n) is 1.74. The van der Waals surface area contributed by atoms with Crippen LogP contribution in [-0.2, 0) is 6.18 Å². The molecule has 1 heterocycles. The number of alkyl halides is 3. The molecule has 1 aromatic heterocycles. The Balaban J connectivity index is 2.25. The first kappa shape index (κ1) is 16.2. The van der Waals surface area contributed by atoms with Gasteiger partial charge in [0.25, 0.3) is 0 Å². The molecule has 0 aliphatic rings. The van der Waals surface area contributed by atoms with Gasteiger partial charge in [-0.15, -0.1) is 0 Å². The van der Waals surface area contributed by atoms with Crippen LogP contribution in [0.4, 0.5) is 23.4 Å². The van der Waals surface area contributed by atoms with E-state index in [2.05, 4.69) is 15.6 Å². The van der Waals surface area contributed by atoms with Gasteiger partial charge in [0.1, 0.15) is 11.6 Å². The summed E-state index contributed by atoms with van der Waals surface area (Å²) >= 11 is 4.91. The first-order valence-corrected chi connectivity index (χ1v) is 6.54. The van der Waals surface area contributed by atoms with Crippen LogP contribution in [0.2, 0.25) is 0 Å². The topological polar surface area (TPSA) is 37.0 Å². The molecule has 2 N–H and O–H groups in total. The van der Waals surface area contributed by atoms with Crippen molar-refractivity contribution in [3.63, 3.8) is 0 Å². The largest absolute Gasteiger partial charge is 0.419 e. The lowest BCUT2D eigenvalue weighted by Crippen LogP contribution is -2.24. The minimum absolute atomic E-state index is 0.306. The van der Waals surface area contributed by atoms with E-state index in [4.69, 9.17) is 12.2 Å². The number of pyridine rings is 1. The van der Waals surface area contributed by atoms with Crippen molar-refractivity contribution in [2.45, 2.75) is 6.18 Å². The Labute approximate surface area is 129 Å². The van der Waals surface area contributed by atoms with Crippen molar-refractivity contribution in [2.75, 3.05) is 12.4 Å². The highest BCUT2D eigenvalue weighted by Gasteiger charge is 2.33. The van der Waals surface area contributed by atoms with Gasteiger partial charge in [0.05, 0.1) is 5.56 Å². The van der Waals surface area contributed by atoms with Gasteiger partial charge in [-0.1, -0.05) is 6.07 Å². The minimum atomic E-state index is -4.71. The molecule has 2 rings (SSSR count). The van der Waals surface area contributed by atoms with E-state index in [1.54, 1.807) is 19.2 Å². The summed E-state index contributed by atoms with van der Waals surface area (Å²) in [7, 11) is 1.65. The maximum atomic E-state index is 13.6. The zero-order valence-corrected chi connectivity index (χ0v) is 12.1. The average Bonchev–Trinajstić information content (AvgIpc) is 2.46. The molecule has 0 fully saturated rings. The van der Waals surface area contributed by atoms with Crippen LogP contribution in [0.25, 0.3) is 11.1 Å². The fraction of sp³-hybridized carbons (Fsp3) is 0.143. The summed E-state index contributed by atoms with van der Waals surface area (Å²) in [5.41, 5.74) is -0.490. The Kier molecular flexibility index (Phi) is 4.60. The summed E-state index contributed by atoms with van der Waals surface area (Å²) in [6, 6.07) is 5.95. The van der Waals surface area contributed by atoms with Crippen molar-refractivity contribution in [1.82, 2.24) is 10.3 Å². The third kappa shape index (κ3) is 3.70. The van der Waals surface area contributed by atoms with Crippen LogP contribution in [0, 0.1) is 5.82 Å². The molecule has 116 valence electrons. The van der Waals surface area contributed by atoms with Crippen LogP contribution in [0.15, 0.2) is 36.5 Å². The van der Waals surface area contributed by atoms with Crippen molar-refractivity contribution in [3.05, 3.63) is 47.9 Å². The highest BCUT2D eigenvalue weighted by atomic mass is 32.1.